The minimum atomic E-state index is -0.255. The van der Waals surface area contributed by atoms with Crippen molar-refractivity contribution in [1.82, 2.24) is 4.98 Å². The predicted octanol–water partition coefficient (Wildman–Crippen LogP) is 3.77. The Morgan fingerprint density at radius 1 is 1.30 bits per heavy atom. The number of hydrogen-bond acceptors (Lipinski definition) is 3. The van der Waals surface area contributed by atoms with E-state index in [1.807, 2.05) is 19.9 Å². The monoisotopic (exact) mass is 290 g/mol. The van der Waals surface area contributed by atoms with Gasteiger partial charge in [-0.3, -0.25) is 4.79 Å². The summed E-state index contributed by atoms with van der Waals surface area (Å²) in [6.07, 6.45) is 1.62. The zero-order chi connectivity index (χ0) is 14.5. The molecule has 20 heavy (non-hydrogen) atoms. The first-order valence-corrected chi connectivity index (χ1v) is 6.62. The summed E-state index contributed by atoms with van der Waals surface area (Å²) in [6.45, 7) is 3.87. The molecule has 0 saturated carbocycles. The lowest BCUT2D eigenvalue weighted by molar-refractivity contribution is 0.102. The van der Waals surface area contributed by atoms with Gasteiger partial charge in [-0.2, -0.15) is 0 Å². The van der Waals surface area contributed by atoms with Gasteiger partial charge in [-0.1, -0.05) is 17.7 Å². The fraction of sp³-hybridized carbons (Fsp3) is 0.200. The maximum atomic E-state index is 12.2. The van der Waals surface area contributed by atoms with Crippen molar-refractivity contribution in [1.29, 1.82) is 0 Å². The summed E-state index contributed by atoms with van der Waals surface area (Å²) in [6, 6.07) is 10.4. The molecule has 0 saturated heterocycles. The normalized spacial score (nSPS) is 10.4. The SMILES string of the molecule is CC(C)Oc1cccc(C(=O)Nc2cccnc2Cl)c1. The third-order valence-electron chi connectivity index (χ3n) is 2.48. The van der Waals surface area contributed by atoms with Gasteiger partial charge in [0.15, 0.2) is 5.15 Å². The molecule has 1 heterocycles. The maximum Gasteiger partial charge on any atom is 0.255 e. The molecule has 1 N–H and O–H groups in total. The average Bonchev–Trinajstić information content (AvgIpc) is 2.41. The van der Waals surface area contributed by atoms with E-state index in [9.17, 15) is 4.79 Å². The van der Waals surface area contributed by atoms with E-state index in [0.717, 1.165) is 0 Å². The van der Waals surface area contributed by atoms with E-state index in [0.29, 0.717) is 17.0 Å². The summed E-state index contributed by atoms with van der Waals surface area (Å²) in [5.74, 6) is 0.402. The lowest BCUT2D eigenvalue weighted by Gasteiger charge is -2.11. The van der Waals surface area contributed by atoms with Crippen molar-refractivity contribution in [3.63, 3.8) is 0 Å². The second kappa shape index (κ2) is 6.39. The Balaban J connectivity index is 2.15. The molecule has 5 heteroatoms. The zero-order valence-electron chi connectivity index (χ0n) is 11.3. The van der Waals surface area contributed by atoms with Gasteiger partial charge >= 0.3 is 0 Å². The van der Waals surface area contributed by atoms with Crippen molar-refractivity contribution in [3.8, 4) is 5.75 Å². The quantitative estimate of drug-likeness (QED) is 0.872. The molecule has 104 valence electrons. The molecule has 2 rings (SSSR count). The van der Waals surface area contributed by atoms with Crippen LogP contribution in [0.15, 0.2) is 42.6 Å². The molecule has 1 aromatic carbocycles. The van der Waals surface area contributed by atoms with Crippen molar-refractivity contribution in [3.05, 3.63) is 53.3 Å². The van der Waals surface area contributed by atoms with Crippen molar-refractivity contribution in [2.24, 2.45) is 0 Å². The second-order valence-electron chi connectivity index (χ2n) is 4.49. The number of carbonyl (C=O) groups excluding carboxylic acids is 1. The third kappa shape index (κ3) is 3.71. The highest BCUT2D eigenvalue weighted by atomic mass is 35.5. The Morgan fingerprint density at radius 3 is 2.80 bits per heavy atom. The summed E-state index contributed by atoms with van der Waals surface area (Å²) >= 11 is 5.91. The number of rotatable bonds is 4. The lowest BCUT2D eigenvalue weighted by atomic mass is 10.2. The molecule has 0 spiro atoms. The zero-order valence-corrected chi connectivity index (χ0v) is 12.0. The van der Waals surface area contributed by atoms with Gasteiger partial charge in [0.25, 0.3) is 5.91 Å². The summed E-state index contributed by atoms with van der Waals surface area (Å²) in [7, 11) is 0. The molecule has 2 aromatic rings. The van der Waals surface area contributed by atoms with Gasteiger partial charge < -0.3 is 10.1 Å². The molecule has 0 atom stereocenters. The number of anilines is 1. The van der Waals surface area contributed by atoms with Gasteiger partial charge in [-0.25, -0.2) is 4.98 Å². The molecule has 0 fully saturated rings. The second-order valence-corrected chi connectivity index (χ2v) is 4.85. The van der Waals surface area contributed by atoms with Gasteiger partial charge in [0.1, 0.15) is 5.75 Å². The smallest absolute Gasteiger partial charge is 0.255 e. The number of halogens is 1. The van der Waals surface area contributed by atoms with Crippen LogP contribution in [0.5, 0.6) is 5.75 Å². The van der Waals surface area contributed by atoms with E-state index in [2.05, 4.69) is 10.3 Å². The van der Waals surface area contributed by atoms with Gasteiger partial charge in [-0.15, -0.1) is 0 Å². The molecule has 0 bridgehead atoms. The van der Waals surface area contributed by atoms with Crippen LogP contribution < -0.4 is 10.1 Å². The minimum Gasteiger partial charge on any atom is -0.491 e. The summed E-state index contributed by atoms with van der Waals surface area (Å²) < 4.78 is 5.56. The van der Waals surface area contributed by atoms with Crippen LogP contribution in [0.3, 0.4) is 0 Å². The number of nitrogens with zero attached hydrogens (tertiary/aromatic N) is 1. The van der Waals surface area contributed by atoms with E-state index in [4.69, 9.17) is 16.3 Å². The highest BCUT2D eigenvalue weighted by molar-refractivity contribution is 6.32. The highest BCUT2D eigenvalue weighted by Gasteiger charge is 2.10. The number of amides is 1. The van der Waals surface area contributed by atoms with Crippen LogP contribution in [0.2, 0.25) is 5.15 Å². The molecule has 4 nitrogen and oxygen atoms in total. The number of ether oxygens (including phenoxy) is 1. The van der Waals surface area contributed by atoms with Crippen LogP contribution in [-0.4, -0.2) is 17.0 Å². The largest absolute Gasteiger partial charge is 0.491 e. The van der Waals surface area contributed by atoms with Crippen molar-refractivity contribution >= 4 is 23.2 Å². The van der Waals surface area contributed by atoms with Gasteiger partial charge in [-0.05, 0) is 44.2 Å². The summed E-state index contributed by atoms with van der Waals surface area (Å²) in [5, 5.41) is 2.98. The maximum absolute atomic E-state index is 12.2. The molecule has 0 aliphatic carbocycles. The van der Waals surface area contributed by atoms with E-state index >= 15 is 0 Å². The third-order valence-corrected chi connectivity index (χ3v) is 2.78. The van der Waals surface area contributed by atoms with Gasteiger partial charge in [0.05, 0.1) is 11.8 Å². The molecular formula is C15H15ClN2O2. The van der Waals surface area contributed by atoms with Crippen LogP contribution in [0.4, 0.5) is 5.69 Å². The standard InChI is InChI=1S/C15H15ClN2O2/c1-10(2)20-12-6-3-5-11(9-12)15(19)18-13-7-4-8-17-14(13)16/h3-10H,1-2H3,(H,18,19). The van der Waals surface area contributed by atoms with E-state index < -0.39 is 0 Å². The minimum absolute atomic E-state index is 0.0566. The molecule has 0 radical (unpaired) electrons. The number of pyridine rings is 1. The van der Waals surface area contributed by atoms with E-state index in [-0.39, 0.29) is 17.2 Å². The summed E-state index contributed by atoms with van der Waals surface area (Å²) in [5.41, 5.74) is 0.984. The average molecular weight is 291 g/mol. The number of aromatic nitrogens is 1. The first kappa shape index (κ1) is 14.3. The predicted molar refractivity (Wildman–Crippen MR) is 79.4 cm³/mol. The van der Waals surface area contributed by atoms with Crippen LogP contribution in [-0.2, 0) is 0 Å². The van der Waals surface area contributed by atoms with Gasteiger partial charge in [0, 0.05) is 11.8 Å². The molecule has 0 aliphatic rings. The van der Waals surface area contributed by atoms with Crippen molar-refractivity contribution in [2.45, 2.75) is 20.0 Å². The first-order valence-electron chi connectivity index (χ1n) is 6.25. The number of hydrogen-bond donors (Lipinski definition) is 1. The van der Waals surface area contributed by atoms with Crippen LogP contribution in [0, 0.1) is 0 Å². The molecule has 1 amide bonds. The number of carbonyl (C=O) groups is 1. The molecule has 1 aromatic heterocycles. The fourth-order valence-electron chi connectivity index (χ4n) is 1.66. The van der Waals surface area contributed by atoms with Gasteiger partial charge in [0.2, 0.25) is 0 Å². The van der Waals surface area contributed by atoms with Crippen molar-refractivity contribution < 1.29 is 9.53 Å². The highest BCUT2D eigenvalue weighted by Crippen LogP contribution is 2.20. The Labute approximate surface area is 122 Å². The first-order chi connectivity index (χ1) is 9.56. The van der Waals surface area contributed by atoms with E-state index in [1.54, 1.807) is 36.5 Å². The van der Waals surface area contributed by atoms with Crippen LogP contribution in [0.1, 0.15) is 24.2 Å². The van der Waals surface area contributed by atoms with Crippen LogP contribution in [0.25, 0.3) is 0 Å². The molecular weight excluding hydrogens is 276 g/mol. The Bertz CT molecular complexity index is 614. The number of benzene rings is 1. The lowest BCUT2D eigenvalue weighted by Crippen LogP contribution is -2.13. The topological polar surface area (TPSA) is 51.2 Å². The van der Waals surface area contributed by atoms with E-state index in [1.165, 1.54) is 0 Å². The fourth-order valence-corrected chi connectivity index (χ4v) is 1.82. The summed E-state index contributed by atoms with van der Waals surface area (Å²) in [4.78, 5) is 16.1. The number of nitrogens with one attached hydrogen (secondary N) is 1. The Morgan fingerprint density at radius 2 is 2.10 bits per heavy atom. The molecule has 0 unspecified atom stereocenters. The molecule has 0 aliphatic heterocycles. The Kier molecular flexibility index (Phi) is 4.58. The van der Waals surface area contributed by atoms with Crippen molar-refractivity contribution in [2.75, 3.05) is 5.32 Å². The van der Waals surface area contributed by atoms with Crippen LogP contribution >= 0.6 is 11.6 Å². The Hall–Kier alpha value is -2.07.